The number of nitriles is 1. The SMILES string of the molecule is CNCCCN(C)c1cccc(C#N)n1. The van der Waals surface area contributed by atoms with Crippen molar-refractivity contribution in [3.63, 3.8) is 0 Å². The minimum absolute atomic E-state index is 0.466. The van der Waals surface area contributed by atoms with E-state index in [2.05, 4.69) is 15.2 Å². The van der Waals surface area contributed by atoms with Gasteiger partial charge in [-0.3, -0.25) is 0 Å². The molecule has 1 aromatic rings. The number of aromatic nitrogens is 1. The molecule has 1 N–H and O–H groups in total. The van der Waals surface area contributed by atoms with Gasteiger partial charge in [-0.05, 0) is 32.1 Å². The Morgan fingerprint density at radius 2 is 2.33 bits per heavy atom. The summed E-state index contributed by atoms with van der Waals surface area (Å²) >= 11 is 0. The molecule has 0 aromatic carbocycles. The van der Waals surface area contributed by atoms with Crippen molar-refractivity contribution >= 4 is 5.82 Å². The molecule has 0 aliphatic rings. The second-order valence-electron chi connectivity index (χ2n) is 3.37. The summed E-state index contributed by atoms with van der Waals surface area (Å²) < 4.78 is 0. The predicted molar refractivity (Wildman–Crippen MR) is 60.8 cm³/mol. The minimum atomic E-state index is 0.466. The Hall–Kier alpha value is -1.60. The third-order valence-corrected chi connectivity index (χ3v) is 2.16. The topological polar surface area (TPSA) is 52.0 Å². The zero-order chi connectivity index (χ0) is 11.1. The molecular weight excluding hydrogens is 188 g/mol. The van der Waals surface area contributed by atoms with Gasteiger partial charge in [-0.1, -0.05) is 6.07 Å². The van der Waals surface area contributed by atoms with Gasteiger partial charge in [0.15, 0.2) is 0 Å². The van der Waals surface area contributed by atoms with Crippen molar-refractivity contribution in [3.05, 3.63) is 23.9 Å². The monoisotopic (exact) mass is 204 g/mol. The molecule has 0 aliphatic carbocycles. The van der Waals surface area contributed by atoms with Crippen molar-refractivity contribution in [2.45, 2.75) is 6.42 Å². The number of nitrogens with zero attached hydrogens (tertiary/aromatic N) is 3. The molecule has 0 unspecified atom stereocenters. The zero-order valence-electron chi connectivity index (χ0n) is 9.20. The third-order valence-electron chi connectivity index (χ3n) is 2.16. The first-order valence-electron chi connectivity index (χ1n) is 5.01. The quantitative estimate of drug-likeness (QED) is 0.727. The van der Waals surface area contributed by atoms with Crippen LogP contribution in [0.15, 0.2) is 18.2 Å². The van der Waals surface area contributed by atoms with Gasteiger partial charge < -0.3 is 10.2 Å². The van der Waals surface area contributed by atoms with Gasteiger partial charge in [0.05, 0.1) is 0 Å². The Bertz CT molecular complexity index is 343. The van der Waals surface area contributed by atoms with E-state index >= 15 is 0 Å². The zero-order valence-corrected chi connectivity index (χ0v) is 9.20. The highest BCUT2D eigenvalue weighted by molar-refractivity contribution is 5.40. The van der Waals surface area contributed by atoms with Gasteiger partial charge in [-0.2, -0.15) is 5.26 Å². The Balaban J connectivity index is 2.57. The van der Waals surface area contributed by atoms with E-state index in [1.165, 1.54) is 0 Å². The molecule has 0 saturated heterocycles. The maximum atomic E-state index is 8.72. The third kappa shape index (κ3) is 3.56. The van der Waals surface area contributed by atoms with Gasteiger partial charge in [-0.25, -0.2) is 4.98 Å². The van der Waals surface area contributed by atoms with Gasteiger partial charge in [0, 0.05) is 13.6 Å². The Morgan fingerprint density at radius 3 is 3.00 bits per heavy atom. The summed E-state index contributed by atoms with van der Waals surface area (Å²) in [5.74, 6) is 0.852. The van der Waals surface area contributed by atoms with Crippen molar-refractivity contribution in [1.82, 2.24) is 10.3 Å². The number of hydrogen-bond acceptors (Lipinski definition) is 4. The molecule has 0 fully saturated rings. The first-order chi connectivity index (χ1) is 7.27. The molecule has 0 aliphatic heterocycles. The van der Waals surface area contributed by atoms with Crippen molar-refractivity contribution in [2.75, 3.05) is 32.1 Å². The summed E-state index contributed by atoms with van der Waals surface area (Å²) in [6.07, 6.45) is 1.06. The summed E-state index contributed by atoms with van der Waals surface area (Å²) in [7, 11) is 3.92. The van der Waals surface area contributed by atoms with Crippen LogP contribution >= 0.6 is 0 Å². The van der Waals surface area contributed by atoms with Crippen LogP contribution in [0, 0.1) is 11.3 Å². The number of pyridine rings is 1. The Kier molecular flexibility index (Phi) is 4.58. The molecule has 0 atom stereocenters. The molecule has 80 valence electrons. The molecule has 0 spiro atoms. The highest BCUT2D eigenvalue weighted by Gasteiger charge is 2.02. The lowest BCUT2D eigenvalue weighted by Gasteiger charge is -2.17. The average Bonchev–Trinajstić information content (AvgIpc) is 2.29. The molecule has 4 nitrogen and oxygen atoms in total. The van der Waals surface area contributed by atoms with Crippen LogP contribution in [0.1, 0.15) is 12.1 Å². The summed E-state index contributed by atoms with van der Waals surface area (Å²) in [5.41, 5.74) is 0.466. The maximum absolute atomic E-state index is 8.72. The second-order valence-corrected chi connectivity index (χ2v) is 3.37. The molecule has 1 rings (SSSR count). The van der Waals surface area contributed by atoms with Gasteiger partial charge in [0.25, 0.3) is 0 Å². The molecule has 1 heterocycles. The summed E-state index contributed by atoms with van der Waals surface area (Å²) in [6.45, 7) is 1.92. The van der Waals surface area contributed by atoms with Crippen LogP contribution < -0.4 is 10.2 Å². The van der Waals surface area contributed by atoms with E-state index in [4.69, 9.17) is 5.26 Å². The summed E-state index contributed by atoms with van der Waals surface area (Å²) in [5, 5.41) is 11.8. The first kappa shape index (κ1) is 11.5. The molecule has 4 heteroatoms. The van der Waals surface area contributed by atoms with Gasteiger partial charge in [0.1, 0.15) is 17.6 Å². The van der Waals surface area contributed by atoms with Crippen molar-refractivity contribution in [1.29, 1.82) is 5.26 Å². The van der Waals surface area contributed by atoms with E-state index < -0.39 is 0 Å². The van der Waals surface area contributed by atoms with Crippen LogP contribution in [0.25, 0.3) is 0 Å². The minimum Gasteiger partial charge on any atom is -0.360 e. The number of hydrogen-bond donors (Lipinski definition) is 1. The maximum Gasteiger partial charge on any atom is 0.142 e. The van der Waals surface area contributed by atoms with Crippen molar-refractivity contribution in [3.8, 4) is 6.07 Å². The second kappa shape index (κ2) is 5.99. The standard InChI is InChI=1S/C11H16N4/c1-13-7-4-8-15(2)11-6-3-5-10(9-12)14-11/h3,5-6,13H,4,7-8H2,1-2H3. The summed E-state index contributed by atoms with van der Waals surface area (Å²) in [4.78, 5) is 6.27. The molecule has 0 saturated carbocycles. The van der Waals surface area contributed by atoms with Crippen molar-refractivity contribution < 1.29 is 0 Å². The highest BCUT2D eigenvalue weighted by atomic mass is 15.2. The van der Waals surface area contributed by atoms with E-state index in [-0.39, 0.29) is 0 Å². The molecule has 1 aromatic heterocycles. The molecule has 0 radical (unpaired) electrons. The van der Waals surface area contributed by atoms with E-state index in [0.29, 0.717) is 5.69 Å². The van der Waals surface area contributed by atoms with E-state index in [1.807, 2.05) is 32.3 Å². The van der Waals surface area contributed by atoms with Crippen LogP contribution in [0.2, 0.25) is 0 Å². The van der Waals surface area contributed by atoms with Gasteiger partial charge in [0.2, 0.25) is 0 Å². The number of rotatable bonds is 5. The van der Waals surface area contributed by atoms with Crippen molar-refractivity contribution in [2.24, 2.45) is 0 Å². The number of anilines is 1. The Morgan fingerprint density at radius 1 is 1.53 bits per heavy atom. The number of nitrogens with one attached hydrogen (secondary N) is 1. The summed E-state index contributed by atoms with van der Waals surface area (Å²) in [6, 6.07) is 7.53. The fourth-order valence-electron chi connectivity index (χ4n) is 1.31. The van der Waals surface area contributed by atoms with Crippen LogP contribution in [0.4, 0.5) is 5.82 Å². The van der Waals surface area contributed by atoms with Crippen LogP contribution in [0.3, 0.4) is 0 Å². The Labute approximate surface area is 90.5 Å². The predicted octanol–water partition coefficient (Wildman–Crippen LogP) is 0.999. The fraction of sp³-hybridized carbons (Fsp3) is 0.455. The smallest absolute Gasteiger partial charge is 0.142 e. The van der Waals surface area contributed by atoms with E-state index in [9.17, 15) is 0 Å². The van der Waals surface area contributed by atoms with Gasteiger partial charge in [-0.15, -0.1) is 0 Å². The van der Waals surface area contributed by atoms with Crippen LogP contribution in [-0.4, -0.2) is 32.2 Å². The fourth-order valence-corrected chi connectivity index (χ4v) is 1.31. The normalized spacial score (nSPS) is 9.67. The van der Waals surface area contributed by atoms with Crippen LogP contribution in [-0.2, 0) is 0 Å². The molecular formula is C11H16N4. The molecule has 0 amide bonds. The first-order valence-corrected chi connectivity index (χ1v) is 5.01. The van der Waals surface area contributed by atoms with E-state index in [1.54, 1.807) is 6.07 Å². The van der Waals surface area contributed by atoms with Crippen LogP contribution in [0.5, 0.6) is 0 Å². The highest BCUT2D eigenvalue weighted by Crippen LogP contribution is 2.09. The van der Waals surface area contributed by atoms with E-state index in [0.717, 1.165) is 25.3 Å². The lowest BCUT2D eigenvalue weighted by Crippen LogP contribution is -2.23. The average molecular weight is 204 g/mol. The lowest BCUT2D eigenvalue weighted by atomic mass is 10.3. The largest absolute Gasteiger partial charge is 0.360 e. The lowest BCUT2D eigenvalue weighted by molar-refractivity contribution is 0.709. The molecule has 15 heavy (non-hydrogen) atoms. The van der Waals surface area contributed by atoms with Gasteiger partial charge >= 0.3 is 0 Å². The molecule has 0 bridgehead atoms.